The Bertz CT molecular complexity index is 774. The Balaban J connectivity index is 3.26. The van der Waals surface area contributed by atoms with Crippen molar-refractivity contribution in [3.05, 3.63) is 50.0 Å². The molecule has 0 bridgehead atoms. The molecule has 11 heteroatoms. The molecule has 27 heavy (non-hydrogen) atoms. The molecular weight excluding hydrogens is 376 g/mol. The van der Waals surface area contributed by atoms with Gasteiger partial charge in [-0.2, -0.15) is 0 Å². The summed E-state index contributed by atoms with van der Waals surface area (Å²) in [5, 5.41) is 2.92. The van der Waals surface area contributed by atoms with Crippen LogP contribution in [0.5, 0.6) is 0 Å². The summed E-state index contributed by atoms with van der Waals surface area (Å²) in [4.78, 5) is 51.5. The average molecular weight is 396 g/mol. The van der Waals surface area contributed by atoms with Crippen molar-refractivity contribution in [2.24, 2.45) is 0 Å². The molecule has 1 aliphatic rings. The summed E-state index contributed by atoms with van der Waals surface area (Å²) in [6.07, 6.45) is 1.51. The molecule has 1 aliphatic heterocycles. The smallest absolute Gasteiger partial charge is 0.250 e. The van der Waals surface area contributed by atoms with Crippen molar-refractivity contribution in [1.82, 2.24) is 20.0 Å². The third kappa shape index (κ3) is 5.38. The van der Waals surface area contributed by atoms with Crippen molar-refractivity contribution >= 4 is 33.5 Å². The van der Waals surface area contributed by atoms with Gasteiger partial charge in [0.05, 0.1) is 0 Å². The second-order valence-electron chi connectivity index (χ2n) is 5.30. The number of hydrogen-bond acceptors (Lipinski definition) is 6. The highest BCUT2D eigenvalue weighted by Gasteiger charge is 2.39. The number of carbonyl (C=O) groups is 4. The summed E-state index contributed by atoms with van der Waals surface area (Å²) >= 11 is 0. The second kappa shape index (κ2) is 8.94. The Morgan fingerprint density at radius 2 is 1.33 bits per heavy atom. The summed E-state index contributed by atoms with van der Waals surface area (Å²) in [7, 11) is -3.86. The van der Waals surface area contributed by atoms with Crippen LogP contribution in [0.25, 0.3) is 0 Å². The number of sulfone groups is 1. The van der Waals surface area contributed by atoms with Gasteiger partial charge in [-0.15, -0.1) is 0 Å². The number of carbonyl (C=O) groups excluding carboxylic acids is 4. The van der Waals surface area contributed by atoms with Crippen LogP contribution in [-0.2, 0) is 29.0 Å². The first-order valence-electron chi connectivity index (χ1n) is 7.52. The Labute approximate surface area is 157 Å². The molecule has 0 aromatic heterocycles. The van der Waals surface area contributed by atoms with Crippen LogP contribution in [0.2, 0.25) is 0 Å². The zero-order valence-electron chi connectivity index (χ0n) is 14.5. The van der Waals surface area contributed by atoms with Gasteiger partial charge in [-0.1, -0.05) is 26.3 Å². The van der Waals surface area contributed by atoms with Crippen molar-refractivity contribution in [2.75, 3.05) is 19.1 Å². The molecule has 1 rings (SSSR count). The lowest BCUT2D eigenvalue weighted by atomic mass is 10.3. The fourth-order valence-electron chi connectivity index (χ4n) is 2.20. The molecule has 0 spiro atoms. The van der Waals surface area contributed by atoms with Crippen LogP contribution in [-0.4, -0.2) is 72.1 Å². The van der Waals surface area contributed by atoms with Gasteiger partial charge in [0, 0.05) is 5.41 Å². The predicted molar refractivity (Wildman–Crippen MR) is 96.8 cm³/mol. The molecule has 0 unspecified atom stereocenters. The number of hydrogen-bond donors (Lipinski definition) is 1. The largest absolute Gasteiger partial charge is 0.317 e. The first-order chi connectivity index (χ1) is 12.6. The third-order valence-electron chi connectivity index (χ3n) is 3.51. The molecule has 0 saturated carbocycles. The van der Waals surface area contributed by atoms with E-state index in [4.69, 9.17) is 0 Å². The van der Waals surface area contributed by atoms with E-state index in [1.807, 2.05) is 0 Å². The standard InChI is InChI=1S/C16H20N4O6S/c1-5-13(22)18-10-19(14(23)6-2)16(20(11-18)15(24)7-3)17-12(21)9-27(25,26)8-4/h5-8,16H,1-4,9-11H2,(H,17,21). The molecule has 4 amide bonds. The highest BCUT2D eigenvalue weighted by molar-refractivity contribution is 7.94. The van der Waals surface area contributed by atoms with Crippen molar-refractivity contribution in [1.29, 1.82) is 0 Å². The molecule has 0 aromatic rings. The maximum Gasteiger partial charge on any atom is 0.250 e. The van der Waals surface area contributed by atoms with E-state index in [1.165, 1.54) is 0 Å². The summed E-state index contributed by atoms with van der Waals surface area (Å²) in [5.74, 6) is -3.84. The van der Waals surface area contributed by atoms with E-state index in [-0.39, 0.29) is 13.3 Å². The van der Waals surface area contributed by atoms with E-state index in [1.54, 1.807) is 0 Å². The molecule has 0 atom stereocenters. The Morgan fingerprint density at radius 3 is 1.70 bits per heavy atom. The van der Waals surface area contributed by atoms with Crippen LogP contribution in [0.4, 0.5) is 0 Å². The Morgan fingerprint density at radius 1 is 0.889 bits per heavy atom. The third-order valence-corrected chi connectivity index (χ3v) is 4.69. The molecule has 0 aromatic carbocycles. The van der Waals surface area contributed by atoms with Gasteiger partial charge in [-0.25, -0.2) is 8.42 Å². The number of amides is 4. The van der Waals surface area contributed by atoms with Crippen LogP contribution in [0.15, 0.2) is 50.0 Å². The molecule has 1 fully saturated rings. The number of rotatable bonds is 7. The monoisotopic (exact) mass is 396 g/mol. The lowest BCUT2D eigenvalue weighted by Gasteiger charge is -2.47. The van der Waals surface area contributed by atoms with Gasteiger partial charge in [0.15, 0.2) is 16.1 Å². The summed E-state index contributed by atoms with van der Waals surface area (Å²) in [5.41, 5.74) is 0. The van der Waals surface area contributed by atoms with E-state index in [9.17, 15) is 27.6 Å². The topological polar surface area (TPSA) is 124 Å². The van der Waals surface area contributed by atoms with Crippen LogP contribution >= 0.6 is 0 Å². The minimum atomic E-state index is -3.86. The van der Waals surface area contributed by atoms with Gasteiger partial charge < -0.3 is 10.2 Å². The SMILES string of the molecule is C=CC(=O)N1CN(C(=O)C=C)C(NC(=O)CS(=O)(=O)C=C)N(C(=O)C=C)C1. The van der Waals surface area contributed by atoms with Gasteiger partial charge in [-0.3, -0.25) is 29.0 Å². The van der Waals surface area contributed by atoms with Crippen molar-refractivity contribution < 1.29 is 27.6 Å². The van der Waals surface area contributed by atoms with Crippen molar-refractivity contribution in [2.45, 2.75) is 6.29 Å². The van der Waals surface area contributed by atoms with Gasteiger partial charge >= 0.3 is 0 Å². The highest BCUT2D eigenvalue weighted by atomic mass is 32.2. The minimum Gasteiger partial charge on any atom is -0.317 e. The molecule has 1 N–H and O–H groups in total. The molecular formula is C16H20N4O6S. The lowest BCUT2D eigenvalue weighted by molar-refractivity contribution is -0.166. The van der Waals surface area contributed by atoms with E-state index in [0.717, 1.165) is 32.9 Å². The van der Waals surface area contributed by atoms with E-state index in [2.05, 4.69) is 31.6 Å². The van der Waals surface area contributed by atoms with E-state index < -0.39 is 45.5 Å². The van der Waals surface area contributed by atoms with Crippen LogP contribution < -0.4 is 5.32 Å². The quantitative estimate of drug-likeness (QED) is 0.546. The van der Waals surface area contributed by atoms with Crippen LogP contribution in [0, 0.1) is 0 Å². The van der Waals surface area contributed by atoms with E-state index in [0.29, 0.717) is 5.41 Å². The fourth-order valence-corrected chi connectivity index (χ4v) is 2.77. The molecule has 0 radical (unpaired) electrons. The summed E-state index contributed by atoms with van der Waals surface area (Å²) in [6.45, 7) is 12.6. The molecule has 146 valence electrons. The van der Waals surface area contributed by atoms with Crippen molar-refractivity contribution in [3.63, 3.8) is 0 Å². The number of nitrogens with zero attached hydrogens (tertiary/aromatic N) is 3. The highest BCUT2D eigenvalue weighted by Crippen LogP contribution is 2.16. The Kier molecular flexibility index (Phi) is 7.23. The van der Waals surface area contributed by atoms with Gasteiger partial charge in [0.1, 0.15) is 19.1 Å². The zero-order chi connectivity index (χ0) is 20.8. The maximum atomic E-state index is 12.2. The van der Waals surface area contributed by atoms with Crippen molar-refractivity contribution in [3.8, 4) is 0 Å². The average Bonchev–Trinajstić information content (AvgIpc) is 2.65. The van der Waals surface area contributed by atoms with Gasteiger partial charge in [0.2, 0.25) is 23.6 Å². The van der Waals surface area contributed by atoms with E-state index >= 15 is 0 Å². The molecule has 0 aliphatic carbocycles. The fraction of sp³-hybridized carbons (Fsp3) is 0.250. The van der Waals surface area contributed by atoms with Gasteiger partial charge in [0.25, 0.3) is 0 Å². The normalized spacial score (nSPS) is 14.9. The lowest BCUT2D eigenvalue weighted by Crippen LogP contribution is -2.70. The first-order valence-corrected chi connectivity index (χ1v) is 9.23. The number of nitrogens with one attached hydrogen (secondary N) is 1. The zero-order valence-corrected chi connectivity index (χ0v) is 15.4. The molecule has 1 heterocycles. The Hall–Kier alpha value is -3.21. The second-order valence-corrected chi connectivity index (χ2v) is 7.25. The summed E-state index contributed by atoms with van der Waals surface area (Å²) in [6, 6.07) is 0. The minimum absolute atomic E-state index is 0.282. The first kappa shape index (κ1) is 21.8. The molecule has 10 nitrogen and oxygen atoms in total. The van der Waals surface area contributed by atoms with Gasteiger partial charge in [-0.05, 0) is 18.2 Å². The molecule has 1 saturated heterocycles. The predicted octanol–water partition coefficient (Wildman–Crippen LogP) is -1.08. The maximum absolute atomic E-state index is 12.2. The van der Waals surface area contributed by atoms with Crippen LogP contribution in [0.3, 0.4) is 0 Å². The summed E-state index contributed by atoms with van der Waals surface area (Å²) < 4.78 is 23.1. The van der Waals surface area contributed by atoms with Crippen LogP contribution in [0.1, 0.15) is 0 Å².